The van der Waals surface area contributed by atoms with Gasteiger partial charge >= 0.3 is 0 Å². The number of methoxy groups -OCH3 is 1. The van der Waals surface area contributed by atoms with Gasteiger partial charge in [-0.1, -0.05) is 0 Å². The minimum absolute atomic E-state index is 0.119. The maximum Gasteiger partial charge on any atom is 0.274 e. The van der Waals surface area contributed by atoms with Gasteiger partial charge in [0.2, 0.25) is 0 Å². The Hall–Kier alpha value is -1.66. The summed E-state index contributed by atoms with van der Waals surface area (Å²) >= 11 is 1.41. The number of hydrogen-bond donors (Lipinski definition) is 1. The highest BCUT2D eigenvalue weighted by Crippen LogP contribution is 2.13. The van der Waals surface area contributed by atoms with E-state index >= 15 is 0 Å². The van der Waals surface area contributed by atoms with Gasteiger partial charge in [-0.15, -0.1) is 11.3 Å². The van der Waals surface area contributed by atoms with Gasteiger partial charge in [0.15, 0.2) is 5.13 Å². The number of carbonyl (C=O) groups excluding carboxylic acids is 1. The normalized spacial score (nSPS) is 10.6. The molecule has 102 valence electrons. The van der Waals surface area contributed by atoms with E-state index in [-0.39, 0.29) is 5.91 Å². The molecule has 0 aliphatic carbocycles. The summed E-state index contributed by atoms with van der Waals surface area (Å²) in [5.41, 5.74) is 0.660. The first-order valence-corrected chi connectivity index (χ1v) is 7.04. The predicted molar refractivity (Wildman–Crippen MR) is 75.6 cm³/mol. The number of hydrogen-bond acceptors (Lipinski definition) is 4. The predicted octanol–water partition coefficient (Wildman–Crippen LogP) is 2.62. The van der Waals surface area contributed by atoms with Gasteiger partial charge in [-0.3, -0.25) is 10.1 Å². The lowest BCUT2D eigenvalue weighted by atomic mass is 10.3. The summed E-state index contributed by atoms with van der Waals surface area (Å²) in [6, 6.07) is 3.70. The first kappa shape index (κ1) is 13.8. The smallest absolute Gasteiger partial charge is 0.274 e. The molecule has 0 aliphatic heterocycles. The molecule has 2 heterocycles. The quantitative estimate of drug-likeness (QED) is 0.793. The SMILES string of the molecule is COCCCCn1cccc1C(=O)Nc1nccs1. The summed E-state index contributed by atoms with van der Waals surface area (Å²) in [6.07, 6.45) is 5.57. The zero-order valence-corrected chi connectivity index (χ0v) is 11.7. The van der Waals surface area contributed by atoms with Gasteiger partial charge in [0.1, 0.15) is 5.69 Å². The van der Waals surface area contributed by atoms with Gasteiger partial charge < -0.3 is 9.30 Å². The van der Waals surface area contributed by atoms with Gasteiger partial charge in [0.25, 0.3) is 5.91 Å². The molecule has 0 saturated carbocycles. The van der Waals surface area contributed by atoms with Crippen molar-refractivity contribution in [2.75, 3.05) is 19.0 Å². The van der Waals surface area contributed by atoms with Crippen molar-refractivity contribution in [3.05, 3.63) is 35.6 Å². The van der Waals surface area contributed by atoms with E-state index in [0.29, 0.717) is 10.8 Å². The average molecular weight is 279 g/mol. The third-order valence-corrected chi connectivity index (χ3v) is 3.40. The maximum atomic E-state index is 12.1. The lowest BCUT2D eigenvalue weighted by Gasteiger charge is -2.08. The summed E-state index contributed by atoms with van der Waals surface area (Å²) < 4.78 is 6.97. The molecule has 0 radical (unpaired) electrons. The van der Waals surface area contributed by atoms with Crippen molar-refractivity contribution in [2.45, 2.75) is 19.4 Å². The molecule has 2 rings (SSSR count). The van der Waals surface area contributed by atoms with Crippen molar-refractivity contribution in [2.24, 2.45) is 0 Å². The highest BCUT2D eigenvalue weighted by Gasteiger charge is 2.11. The van der Waals surface area contributed by atoms with Crippen molar-refractivity contribution in [1.29, 1.82) is 0 Å². The molecule has 6 heteroatoms. The van der Waals surface area contributed by atoms with Crippen LogP contribution in [-0.2, 0) is 11.3 Å². The van der Waals surface area contributed by atoms with E-state index in [1.54, 1.807) is 13.3 Å². The van der Waals surface area contributed by atoms with Crippen LogP contribution in [0.25, 0.3) is 0 Å². The summed E-state index contributed by atoms with van der Waals surface area (Å²) in [5.74, 6) is -0.119. The van der Waals surface area contributed by atoms with E-state index < -0.39 is 0 Å². The number of aryl methyl sites for hydroxylation is 1. The van der Waals surface area contributed by atoms with Crippen LogP contribution in [0.2, 0.25) is 0 Å². The summed E-state index contributed by atoms with van der Waals surface area (Å²) in [4.78, 5) is 16.1. The maximum absolute atomic E-state index is 12.1. The van der Waals surface area contributed by atoms with Gasteiger partial charge in [-0.2, -0.15) is 0 Å². The van der Waals surface area contributed by atoms with E-state index in [2.05, 4.69) is 10.3 Å². The van der Waals surface area contributed by atoms with Crippen molar-refractivity contribution in [3.8, 4) is 0 Å². The third-order valence-electron chi connectivity index (χ3n) is 2.71. The second kappa shape index (κ2) is 7.06. The monoisotopic (exact) mass is 279 g/mol. The number of aromatic nitrogens is 2. The molecule has 5 nitrogen and oxygen atoms in total. The largest absolute Gasteiger partial charge is 0.385 e. The molecule has 0 unspecified atom stereocenters. The standard InChI is InChI=1S/C13H17N3O2S/c1-18-9-3-2-7-16-8-4-5-11(16)12(17)15-13-14-6-10-19-13/h4-6,8,10H,2-3,7,9H2,1H3,(H,14,15,17). The van der Waals surface area contributed by atoms with E-state index in [1.165, 1.54) is 11.3 Å². The molecule has 0 fully saturated rings. The molecule has 0 saturated heterocycles. The van der Waals surface area contributed by atoms with E-state index in [0.717, 1.165) is 26.0 Å². The Balaban J connectivity index is 1.92. The molecule has 1 N–H and O–H groups in total. The van der Waals surface area contributed by atoms with Crippen LogP contribution in [0.5, 0.6) is 0 Å². The highest BCUT2D eigenvalue weighted by atomic mass is 32.1. The Morgan fingerprint density at radius 1 is 1.53 bits per heavy atom. The van der Waals surface area contributed by atoms with E-state index in [4.69, 9.17) is 4.74 Å². The fraction of sp³-hybridized carbons (Fsp3) is 0.385. The highest BCUT2D eigenvalue weighted by molar-refractivity contribution is 7.13. The third kappa shape index (κ3) is 3.90. The topological polar surface area (TPSA) is 56.1 Å². The number of unbranched alkanes of at least 4 members (excludes halogenated alkanes) is 1. The molecule has 19 heavy (non-hydrogen) atoms. The fourth-order valence-electron chi connectivity index (χ4n) is 1.79. The minimum Gasteiger partial charge on any atom is -0.385 e. The molecule has 0 spiro atoms. The van der Waals surface area contributed by atoms with Crippen molar-refractivity contribution in [1.82, 2.24) is 9.55 Å². The van der Waals surface area contributed by atoms with Crippen LogP contribution in [0.15, 0.2) is 29.9 Å². The zero-order valence-electron chi connectivity index (χ0n) is 10.8. The van der Waals surface area contributed by atoms with Crippen molar-refractivity contribution >= 4 is 22.4 Å². The summed E-state index contributed by atoms with van der Waals surface area (Å²) in [7, 11) is 1.70. The first-order valence-electron chi connectivity index (χ1n) is 6.16. The summed E-state index contributed by atoms with van der Waals surface area (Å²) in [6.45, 7) is 1.57. The number of carbonyl (C=O) groups is 1. The van der Waals surface area contributed by atoms with E-state index in [1.807, 2.05) is 28.3 Å². The molecular formula is C13H17N3O2S. The number of thiazole rings is 1. The molecular weight excluding hydrogens is 262 g/mol. The molecule has 1 amide bonds. The van der Waals surface area contributed by atoms with Crippen molar-refractivity contribution < 1.29 is 9.53 Å². The second-order valence-corrected chi connectivity index (χ2v) is 4.97. The minimum atomic E-state index is -0.119. The Kier molecular flexibility index (Phi) is 5.11. The molecule has 2 aromatic heterocycles. The Labute approximate surface area is 116 Å². The first-order chi connectivity index (χ1) is 9.31. The Morgan fingerprint density at radius 3 is 3.16 bits per heavy atom. The second-order valence-electron chi connectivity index (χ2n) is 4.08. The van der Waals surface area contributed by atoms with Crippen LogP contribution < -0.4 is 5.32 Å². The Morgan fingerprint density at radius 2 is 2.42 bits per heavy atom. The lowest BCUT2D eigenvalue weighted by molar-refractivity contribution is 0.101. The number of rotatable bonds is 7. The fourth-order valence-corrected chi connectivity index (χ4v) is 2.31. The number of nitrogens with zero attached hydrogens (tertiary/aromatic N) is 2. The molecule has 0 bridgehead atoms. The van der Waals surface area contributed by atoms with Crippen LogP contribution >= 0.6 is 11.3 Å². The molecule has 0 aliphatic rings. The summed E-state index contributed by atoms with van der Waals surface area (Å²) in [5, 5.41) is 5.24. The van der Waals surface area contributed by atoms with Gasteiger partial charge in [-0.05, 0) is 25.0 Å². The molecule has 2 aromatic rings. The van der Waals surface area contributed by atoms with Crippen LogP contribution in [0.4, 0.5) is 5.13 Å². The number of nitrogens with one attached hydrogen (secondary N) is 1. The lowest BCUT2D eigenvalue weighted by Crippen LogP contribution is -2.16. The molecule has 0 atom stereocenters. The van der Waals surface area contributed by atoms with Crippen LogP contribution in [0.3, 0.4) is 0 Å². The van der Waals surface area contributed by atoms with Crippen LogP contribution in [0, 0.1) is 0 Å². The van der Waals surface area contributed by atoms with Crippen LogP contribution in [0.1, 0.15) is 23.3 Å². The number of ether oxygens (including phenoxy) is 1. The van der Waals surface area contributed by atoms with Gasteiger partial charge in [0.05, 0.1) is 0 Å². The number of amides is 1. The van der Waals surface area contributed by atoms with Gasteiger partial charge in [-0.25, -0.2) is 4.98 Å². The zero-order chi connectivity index (χ0) is 13.5. The van der Waals surface area contributed by atoms with E-state index in [9.17, 15) is 4.79 Å². The van der Waals surface area contributed by atoms with Gasteiger partial charge in [0, 0.05) is 38.0 Å². The van der Waals surface area contributed by atoms with Crippen LogP contribution in [-0.4, -0.2) is 29.2 Å². The molecule has 0 aromatic carbocycles. The Bertz CT molecular complexity index is 508. The van der Waals surface area contributed by atoms with Crippen molar-refractivity contribution in [3.63, 3.8) is 0 Å². The average Bonchev–Trinajstić information content (AvgIpc) is 3.05. The number of anilines is 1.